The summed E-state index contributed by atoms with van der Waals surface area (Å²) in [5.74, 6) is 1.58. The lowest BCUT2D eigenvalue weighted by molar-refractivity contribution is 0.425. The molecule has 1 aromatic heterocycles. The molecule has 5 nitrogen and oxygen atoms in total. The molecule has 0 fully saturated rings. The quantitative estimate of drug-likeness (QED) is 0.851. The maximum absolute atomic E-state index is 4.63. The van der Waals surface area contributed by atoms with Crippen molar-refractivity contribution in [1.29, 1.82) is 0 Å². The number of likely N-dealkylation sites (N-methyl/N-ethyl adjacent to an activating group) is 1. The fourth-order valence-corrected chi connectivity index (χ4v) is 2.22. The minimum atomic E-state index is 0.725. The second kappa shape index (κ2) is 7.75. The Bertz CT molecular complexity index is 597. The summed E-state index contributed by atoms with van der Waals surface area (Å²) in [5, 5.41) is 3.34. The van der Waals surface area contributed by atoms with E-state index in [0.29, 0.717) is 0 Å². The van der Waals surface area contributed by atoms with Gasteiger partial charge in [0.05, 0.1) is 0 Å². The molecule has 1 heterocycles. The molecule has 118 valence electrons. The van der Waals surface area contributed by atoms with E-state index in [1.54, 1.807) is 6.20 Å². The molecular weight excluding hydrogens is 274 g/mol. The average Bonchev–Trinajstić information content (AvgIpc) is 2.48. The van der Waals surface area contributed by atoms with Crippen LogP contribution in [0.5, 0.6) is 0 Å². The molecule has 1 N–H and O–H groups in total. The maximum atomic E-state index is 4.63. The van der Waals surface area contributed by atoms with Crippen molar-refractivity contribution in [1.82, 2.24) is 14.9 Å². The van der Waals surface area contributed by atoms with Crippen LogP contribution in [-0.2, 0) is 0 Å². The third-order valence-electron chi connectivity index (χ3n) is 3.38. The number of nitrogens with zero attached hydrogens (tertiary/aromatic N) is 4. The minimum Gasteiger partial charge on any atom is -0.369 e. The van der Waals surface area contributed by atoms with E-state index >= 15 is 0 Å². The van der Waals surface area contributed by atoms with Gasteiger partial charge in [0.1, 0.15) is 5.82 Å². The van der Waals surface area contributed by atoms with Gasteiger partial charge in [0, 0.05) is 31.5 Å². The van der Waals surface area contributed by atoms with Gasteiger partial charge in [-0.1, -0.05) is 12.1 Å². The number of anilines is 3. The maximum Gasteiger partial charge on any atom is 0.231 e. The third kappa shape index (κ3) is 4.43. The van der Waals surface area contributed by atoms with Crippen LogP contribution < -0.4 is 10.2 Å². The Morgan fingerprint density at radius 1 is 1.18 bits per heavy atom. The highest BCUT2D eigenvalue weighted by atomic mass is 15.3. The topological polar surface area (TPSA) is 44.3 Å². The van der Waals surface area contributed by atoms with Crippen LogP contribution in [0.25, 0.3) is 0 Å². The molecule has 0 atom stereocenters. The Kier molecular flexibility index (Phi) is 5.72. The van der Waals surface area contributed by atoms with Gasteiger partial charge in [0.2, 0.25) is 5.95 Å². The van der Waals surface area contributed by atoms with Gasteiger partial charge in [-0.3, -0.25) is 0 Å². The molecule has 0 unspecified atom stereocenters. The number of rotatable bonds is 7. The van der Waals surface area contributed by atoms with Gasteiger partial charge in [-0.05, 0) is 51.7 Å². The summed E-state index contributed by atoms with van der Waals surface area (Å²) < 4.78 is 0. The standard InChI is InChI=1S/C17H25N5/c1-5-22(15-8-6-7-14(2)13-15)17-19-10-9-16(20-17)18-11-12-21(3)4/h6-10,13H,5,11-12H2,1-4H3,(H,18,19,20). The first kappa shape index (κ1) is 16.2. The second-order valence-corrected chi connectivity index (χ2v) is 5.56. The predicted octanol–water partition coefficient (Wildman–Crippen LogP) is 2.92. The molecule has 0 saturated heterocycles. The normalized spacial score (nSPS) is 10.8. The minimum absolute atomic E-state index is 0.725. The fourth-order valence-electron chi connectivity index (χ4n) is 2.22. The van der Waals surface area contributed by atoms with Gasteiger partial charge >= 0.3 is 0 Å². The fraction of sp³-hybridized carbons (Fsp3) is 0.412. The molecule has 22 heavy (non-hydrogen) atoms. The molecule has 0 aliphatic rings. The van der Waals surface area contributed by atoms with Crippen LogP contribution in [0.3, 0.4) is 0 Å². The Hall–Kier alpha value is -2.14. The summed E-state index contributed by atoms with van der Waals surface area (Å²) in [7, 11) is 4.12. The molecule has 0 aliphatic heterocycles. The number of hydrogen-bond acceptors (Lipinski definition) is 5. The lowest BCUT2D eigenvalue weighted by Crippen LogP contribution is -2.22. The smallest absolute Gasteiger partial charge is 0.231 e. The van der Waals surface area contributed by atoms with E-state index in [9.17, 15) is 0 Å². The summed E-state index contributed by atoms with van der Waals surface area (Å²) in [5.41, 5.74) is 2.35. The molecule has 1 aromatic carbocycles. The Morgan fingerprint density at radius 3 is 2.68 bits per heavy atom. The monoisotopic (exact) mass is 299 g/mol. The van der Waals surface area contributed by atoms with Gasteiger partial charge in [0.15, 0.2) is 0 Å². The Labute approximate surface area is 133 Å². The van der Waals surface area contributed by atoms with Gasteiger partial charge in [-0.25, -0.2) is 4.98 Å². The van der Waals surface area contributed by atoms with Crippen LogP contribution in [0.2, 0.25) is 0 Å². The lowest BCUT2D eigenvalue weighted by Gasteiger charge is -2.22. The van der Waals surface area contributed by atoms with Crippen molar-refractivity contribution >= 4 is 17.5 Å². The highest BCUT2D eigenvalue weighted by Crippen LogP contribution is 2.23. The summed E-state index contributed by atoms with van der Waals surface area (Å²) in [6.07, 6.45) is 1.80. The van der Waals surface area contributed by atoms with E-state index in [1.807, 2.05) is 6.07 Å². The number of nitrogens with one attached hydrogen (secondary N) is 1. The van der Waals surface area contributed by atoms with Crippen LogP contribution in [0, 0.1) is 6.92 Å². The first-order valence-corrected chi connectivity index (χ1v) is 7.66. The van der Waals surface area contributed by atoms with Crippen LogP contribution in [-0.4, -0.2) is 48.6 Å². The van der Waals surface area contributed by atoms with E-state index in [0.717, 1.165) is 37.1 Å². The molecule has 0 amide bonds. The van der Waals surface area contributed by atoms with Crippen molar-refractivity contribution in [2.24, 2.45) is 0 Å². The van der Waals surface area contributed by atoms with E-state index in [2.05, 4.69) is 77.3 Å². The SMILES string of the molecule is CCN(c1cccc(C)c1)c1nccc(NCCN(C)C)n1. The van der Waals surface area contributed by atoms with Crippen LogP contribution in [0.1, 0.15) is 12.5 Å². The highest BCUT2D eigenvalue weighted by molar-refractivity contribution is 5.59. The summed E-state index contributed by atoms with van der Waals surface area (Å²) in [6, 6.07) is 10.3. The van der Waals surface area contributed by atoms with Gasteiger partial charge in [0.25, 0.3) is 0 Å². The number of aromatic nitrogens is 2. The zero-order valence-corrected chi connectivity index (χ0v) is 13.9. The molecule has 0 bridgehead atoms. The van der Waals surface area contributed by atoms with Crippen LogP contribution >= 0.6 is 0 Å². The number of hydrogen-bond donors (Lipinski definition) is 1. The number of aryl methyl sites for hydroxylation is 1. The zero-order chi connectivity index (χ0) is 15.9. The zero-order valence-electron chi connectivity index (χ0n) is 13.9. The Balaban J connectivity index is 2.15. The van der Waals surface area contributed by atoms with Gasteiger partial charge in [-0.15, -0.1) is 0 Å². The summed E-state index contributed by atoms with van der Waals surface area (Å²) >= 11 is 0. The predicted molar refractivity (Wildman–Crippen MR) is 92.9 cm³/mol. The van der Waals surface area contributed by atoms with Crippen LogP contribution in [0.4, 0.5) is 17.5 Å². The number of benzene rings is 1. The molecule has 0 saturated carbocycles. The molecule has 2 aromatic rings. The molecule has 0 radical (unpaired) electrons. The first-order chi connectivity index (χ1) is 10.6. The third-order valence-corrected chi connectivity index (χ3v) is 3.38. The summed E-state index contributed by atoms with van der Waals surface area (Å²) in [6.45, 7) is 6.86. The van der Waals surface area contributed by atoms with Crippen molar-refractivity contribution in [3.05, 3.63) is 42.1 Å². The van der Waals surface area contributed by atoms with E-state index < -0.39 is 0 Å². The molecule has 2 rings (SSSR count). The van der Waals surface area contributed by atoms with Crippen molar-refractivity contribution in [2.75, 3.05) is 43.9 Å². The van der Waals surface area contributed by atoms with E-state index in [-0.39, 0.29) is 0 Å². The average molecular weight is 299 g/mol. The highest BCUT2D eigenvalue weighted by Gasteiger charge is 2.10. The lowest BCUT2D eigenvalue weighted by atomic mass is 10.2. The van der Waals surface area contributed by atoms with Gasteiger partial charge < -0.3 is 15.1 Å². The van der Waals surface area contributed by atoms with Crippen molar-refractivity contribution in [3.8, 4) is 0 Å². The molecular formula is C17H25N5. The van der Waals surface area contributed by atoms with Gasteiger partial charge in [-0.2, -0.15) is 4.98 Å². The Morgan fingerprint density at radius 2 is 2.00 bits per heavy atom. The molecule has 0 spiro atoms. The van der Waals surface area contributed by atoms with E-state index in [4.69, 9.17) is 0 Å². The second-order valence-electron chi connectivity index (χ2n) is 5.56. The van der Waals surface area contributed by atoms with E-state index in [1.165, 1.54) is 5.56 Å². The van der Waals surface area contributed by atoms with Crippen LogP contribution in [0.15, 0.2) is 36.5 Å². The van der Waals surface area contributed by atoms with Crippen molar-refractivity contribution in [3.63, 3.8) is 0 Å². The largest absolute Gasteiger partial charge is 0.369 e. The van der Waals surface area contributed by atoms with Crippen molar-refractivity contribution in [2.45, 2.75) is 13.8 Å². The summed E-state index contributed by atoms with van der Waals surface area (Å²) in [4.78, 5) is 13.3. The first-order valence-electron chi connectivity index (χ1n) is 7.66. The van der Waals surface area contributed by atoms with Crippen molar-refractivity contribution < 1.29 is 0 Å². The molecule has 5 heteroatoms. The molecule has 0 aliphatic carbocycles.